The van der Waals surface area contributed by atoms with Crippen LogP contribution in [0, 0.1) is 17.3 Å². The number of ether oxygens (including phenoxy) is 3. The monoisotopic (exact) mass is 1090 g/mol. The van der Waals surface area contributed by atoms with Gasteiger partial charge in [-0.05, 0) is 61.9 Å². The van der Waals surface area contributed by atoms with Crippen LogP contribution in [0.3, 0.4) is 0 Å². The van der Waals surface area contributed by atoms with E-state index in [1.165, 1.54) is 44.9 Å². The van der Waals surface area contributed by atoms with E-state index in [-0.39, 0.29) is 39.1 Å². The first-order valence-electron chi connectivity index (χ1n) is 25.0. The molecule has 7 heterocycles. The van der Waals surface area contributed by atoms with Crippen molar-refractivity contribution >= 4 is 61.6 Å². The van der Waals surface area contributed by atoms with Gasteiger partial charge in [-0.2, -0.15) is 17.6 Å². The molecule has 24 heteroatoms. The van der Waals surface area contributed by atoms with Crippen molar-refractivity contribution in [3.05, 3.63) is 63.3 Å². The van der Waals surface area contributed by atoms with Crippen molar-refractivity contribution in [3.8, 4) is 22.5 Å². The van der Waals surface area contributed by atoms with Gasteiger partial charge in [0, 0.05) is 98.3 Å². The summed E-state index contributed by atoms with van der Waals surface area (Å²) in [4.78, 5) is 71.3. The molecule has 0 radical (unpaired) electrons. The van der Waals surface area contributed by atoms with E-state index in [4.69, 9.17) is 24.2 Å². The number of likely N-dealkylation sites (tertiary alicyclic amines) is 1. The van der Waals surface area contributed by atoms with Crippen molar-refractivity contribution in [2.75, 3.05) is 77.9 Å². The summed E-state index contributed by atoms with van der Waals surface area (Å²) in [5, 5.41) is 5.63. The lowest BCUT2D eigenvalue weighted by Crippen LogP contribution is -2.63. The first-order chi connectivity index (χ1) is 35.3. The highest BCUT2D eigenvalue weighted by atomic mass is 32.2. The molecule has 3 aromatic heterocycles. The molecule has 75 heavy (non-hydrogen) atoms. The Kier molecular flexibility index (Phi) is 16.4. The van der Waals surface area contributed by atoms with E-state index in [0.717, 1.165) is 12.3 Å². The number of cyclic esters (lactones) is 1. The molecule has 0 aliphatic carbocycles. The van der Waals surface area contributed by atoms with Gasteiger partial charge in [0.05, 0.1) is 59.9 Å². The van der Waals surface area contributed by atoms with E-state index in [1.54, 1.807) is 44.5 Å². The minimum Gasteiger partial charge on any atom is -0.464 e. The molecule has 4 aliphatic rings. The molecule has 0 saturated carbocycles. The Bertz CT molecular complexity index is 2950. The number of sulfone groups is 1. The quantitative estimate of drug-likeness (QED) is 0.123. The van der Waals surface area contributed by atoms with Crippen LogP contribution >= 0.6 is 11.3 Å². The zero-order valence-corrected chi connectivity index (χ0v) is 45.0. The summed E-state index contributed by atoms with van der Waals surface area (Å²) in [6.45, 7) is 9.85. The van der Waals surface area contributed by atoms with Crippen LogP contribution in [0.5, 0.6) is 0 Å². The van der Waals surface area contributed by atoms with E-state index >= 15 is 0 Å². The molecular weight excluding hydrogens is 1020 g/mol. The van der Waals surface area contributed by atoms with Crippen LogP contribution in [0.15, 0.2) is 47.1 Å². The molecule has 408 valence electrons. The molecule has 4 amide bonds. The number of rotatable bonds is 11. The number of amides is 4. The largest absolute Gasteiger partial charge is 0.464 e. The lowest BCUT2D eigenvalue weighted by Gasteiger charge is -2.42. The minimum absolute atomic E-state index is 0.0257. The number of pyridine rings is 1. The van der Waals surface area contributed by atoms with Crippen molar-refractivity contribution in [1.82, 2.24) is 40.1 Å². The van der Waals surface area contributed by atoms with Crippen molar-refractivity contribution in [2.45, 2.75) is 97.3 Å². The van der Waals surface area contributed by atoms with Crippen LogP contribution in [0.25, 0.3) is 33.4 Å². The lowest BCUT2D eigenvalue weighted by atomic mass is 9.84. The van der Waals surface area contributed by atoms with E-state index in [9.17, 15) is 45.2 Å². The third-order valence-corrected chi connectivity index (χ3v) is 15.9. The van der Waals surface area contributed by atoms with E-state index in [1.807, 2.05) is 26.0 Å². The van der Waals surface area contributed by atoms with Gasteiger partial charge in [-0.25, -0.2) is 23.6 Å². The number of aromatic nitrogens is 3. The number of hydrogen-bond donors (Lipinski definition) is 2. The van der Waals surface area contributed by atoms with Gasteiger partial charge in [-0.1, -0.05) is 33.8 Å². The van der Waals surface area contributed by atoms with Gasteiger partial charge < -0.3 is 38.8 Å². The highest BCUT2D eigenvalue weighted by Gasteiger charge is 2.41. The third-order valence-electron chi connectivity index (χ3n) is 14.1. The Morgan fingerprint density at radius 2 is 1.83 bits per heavy atom. The Labute approximate surface area is 437 Å². The number of urea groups is 1. The Morgan fingerprint density at radius 1 is 1.11 bits per heavy atom. The second-order valence-corrected chi connectivity index (χ2v) is 23.9. The number of esters is 1. The number of alkyl halides is 3. The summed E-state index contributed by atoms with van der Waals surface area (Å²) in [7, 11) is -1.09. The molecule has 4 atom stereocenters. The lowest BCUT2D eigenvalue weighted by molar-refractivity contribution is -0.155. The van der Waals surface area contributed by atoms with Gasteiger partial charge in [0.15, 0.2) is 0 Å². The van der Waals surface area contributed by atoms with Gasteiger partial charge in [-0.15, -0.1) is 11.3 Å². The van der Waals surface area contributed by atoms with Crippen LogP contribution < -0.4 is 15.6 Å². The molecule has 3 saturated heterocycles. The maximum atomic E-state index is 15.0. The summed E-state index contributed by atoms with van der Waals surface area (Å²) >= 11 is 1.22. The van der Waals surface area contributed by atoms with E-state index in [0.29, 0.717) is 94.5 Å². The highest BCUT2D eigenvalue weighted by molar-refractivity contribution is 7.94. The van der Waals surface area contributed by atoms with Crippen molar-refractivity contribution < 1.29 is 59.4 Å². The summed E-state index contributed by atoms with van der Waals surface area (Å²) in [5.41, 5.74) is 6.01. The maximum Gasteiger partial charge on any atom is 0.406 e. The number of hydrazine groups is 1. The molecule has 2 N–H and O–H groups in total. The predicted molar refractivity (Wildman–Crippen MR) is 274 cm³/mol. The Balaban J connectivity index is 1.19. The first-order valence-corrected chi connectivity index (χ1v) is 27.8. The number of halogens is 4. The number of benzene rings is 1. The third kappa shape index (κ3) is 12.5. The Morgan fingerprint density at radius 3 is 2.49 bits per heavy atom. The van der Waals surface area contributed by atoms with E-state index in [2.05, 4.69) is 15.6 Å². The summed E-state index contributed by atoms with van der Waals surface area (Å²) < 4.78 is 101. The fourth-order valence-corrected chi connectivity index (χ4v) is 11.5. The van der Waals surface area contributed by atoms with Crippen LogP contribution in [0.2, 0.25) is 0 Å². The fourth-order valence-electron chi connectivity index (χ4n) is 10.2. The van der Waals surface area contributed by atoms with Gasteiger partial charge in [-0.3, -0.25) is 24.4 Å². The van der Waals surface area contributed by atoms with E-state index < -0.39 is 93.0 Å². The Hall–Kier alpha value is -5.69. The standard InChI is InChI=1S/C51H65F4N9O9S2/c1-29(2)44(60(6)49(68)62-24-31(25-62)18-41(52)75(8,69)70)46(65)58-38-21-42-57-39(26-74-42)32-11-12-40-34(19-32)36(22-50(4,5)28-73-48(67)37-10-9-13-64(59-37)47(38)66)45(63(40)27-51(53,54)55)35-20-33(61-14-16-72-17-15-61)23-56-43(35)30(3)71-7/h11-12,18-20,23,26,29-31,37-38,44,59H,9-10,13-17,21-22,24-25,27-28H2,1-8H3,(H,58,65)/b41-18+/t30-,37-,38?,44-/m0/s1. The predicted octanol–water partition coefficient (Wildman–Crippen LogP) is 6.45. The zero-order valence-electron chi connectivity index (χ0n) is 43.3. The maximum absolute atomic E-state index is 15.0. The fraction of sp³-hybridized carbons (Fsp3) is 0.569. The molecule has 1 aromatic carbocycles. The van der Waals surface area contributed by atoms with Crippen LogP contribution in [-0.2, 0) is 57.8 Å². The molecular formula is C51H65F4N9O9S2. The smallest absolute Gasteiger partial charge is 0.406 e. The number of methoxy groups -OCH3 is 1. The van der Waals surface area contributed by atoms with Gasteiger partial charge in [0.2, 0.25) is 20.9 Å². The summed E-state index contributed by atoms with van der Waals surface area (Å²) in [5.74, 6) is -2.88. The first kappa shape index (κ1) is 55.5. The molecule has 8 rings (SSSR count). The number of anilines is 1. The van der Waals surface area contributed by atoms with Gasteiger partial charge in [0.25, 0.3) is 5.91 Å². The second-order valence-electron chi connectivity index (χ2n) is 21.0. The number of thiazole rings is 1. The van der Waals surface area contributed by atoms with Crippen LogP contribution in [0.4, 0.5) is 28.0 Å². The number of carbonyl (C=O) groups excluding carboxylic acids is 4. The minimum atomic E-state index is -4.65. The molecule has 1 unspecified atom stereocenters. The number of hydrogen-bond acceptors (Lipinski definition) is 14. The normalized spacial score (nSPS) is 21.1. The molecule has 3 fully saturated rings. The zero-order chi connectivity index (χ0) is 54.3. The molecule has 18 nitrogen and oxygen atoms in total. The van der Waals surface area contributed by atoms with Gasteiger partial charge in [0.1, 0.15) is 24.7 Å². The number of likely N-dealkylation sites (N-methyl/N-ethyl adjacent to an activating group) is 1. The summed E-state index contributed by atoms with van der Waals surface area (Å²) in [6, 6.07) is 3.15. The number of carbonyl (C=O) groups is 4. The number of nitrogens with zero attached hydrogens (tertiary/aromatic N) is 7. The summed E-state index contributed by atoms with van der Waals surface area (Å²) in [6.07, 6.45) is -1.07. The second kappa shape index (κ2) is 22.1. The molecule has 4 aromatic rings. The average molecular weight is 1090 g/mol. The number of morpholine rings is 1. The number of fused-ring (bicyclic) bond motifs is 6. The van der Waals surface area contributed by atoms with Crippen molar-refractivity contribution in [2.24, 2.45) is 17.3 Å². The van der Waals surface area contributed by atoms with Gasteiger partial charge >= 0.3 is 18.2 Å². The van der Waals surface area contributed by atoms with Crippen molar-refractivity contribution in [3.63, 3.8) is 0 Å². The topological polar surface area (TPSA) is 198 Å². The molecule has 6 bridgehead atoms. The van der Waals surface area contributed by atoms with Crippen LogP contribution in [-0.4, -0.2) is 159 Å². The molecule has 0 spiro atoms. The highest BCUT2D eigenvalue weighted by Crippen LogP contribution is 2.44. The average Bonchev–Trinajstić information content (AvgIpc) is 3.93. The van der Waals surface area contributed by atoms with Crippen molar-refractivity contribution in [1.29, 1.82) is 0 Å². The number of nitrogens with one attached hydrogen (secondary N) is 2. The SMILES string of the molecule is CO[C@@H](C)c1ncc(N2CCOCC2)cc1-c1c2c3cc(ccc3n1CC(F)(F)F)-c1csc(n1)CC(NC(=O)[C@H](C(C)C)N(C)C(=O)N1CC(/C=C(\F)S(C)(=O)=O)C1)C(=O)N1CCC[C@H](N1)C(=O)OCC(C)(C)C2. The molecule has 4 aliphatic heterocycles. The van der Waals surface area contributed by atoms with Crippen LogP contribution in [0.1, 0.15) is 69.8 Å².